The number of hydrogen-bond acceptors (Lipinski definition) is 6. The van der Waals surface area contributed by atoms with Gasteiger partial charge < -0.3 is 19.3 Å². The number of carbonyl (C=O) groups is 2. The lowest BCUT2D eigenvalue weighted by Crippen LogP contribution is -2.52. The summed E-state index contributed by atoms with van der Waals surface area (Å²) in [6, 6.07) is 7.03. The molecule has 2 atom stereocenters. The van der Waals surface area contributed by atoms with E-state index in [0.717, 1.165) is 12.0 Å². The van der Waals surface area contributed by atoms with Crippen molar-refractivity contribution in [3.8, 4) is 5.75 Å². The number of benzene rings is 1. The predicted molar refractivity (Wildman–Crippen MR) is 97.3 cm³/mol. The second-order valence-electron chi connectivity index (χ2n) is 6.09. The molecule has 6 nitrogen and oxygen atoms in total. The molecule has 0 saturated carbocycles. The van der Waals surface area contributed by atoms with Gasteiger partial charge in [-0.3, -0.25) is 0 Å². The summed E-state index contributed by atoms with van der Waals surface area (Å²) < 4.78 is 15.8. The lowest BCUT2D eigenvalue weighted by atomic mass is 10.1. The number of aliphatic hydroxyl groups is 1. The van der Waals surface area contributed by atoms with Gasteiger partial charge in [-0.05, 0) is 38.8 Å². The average Bonchev–Trinajstić information content (AvgIpc) is 2.56. The average molecular weight is 362 g/mol. The fraction of sp³-hybridized carbons (Fsp3) is 0.400. The Labute approximate surface area is 154 Å². The molecule has 1 aromatic carbocycles. The van der Waals surface area contributed by atoms with Crippen molar-refractivity contribution in [2.24, 2.45) is 0 Å². The molecule has 1 rings (SSSR count). The van der Waals surface area contributed by atoms with E-state index in [1.54, 1.807) is 12.1 Å². The fourth-order valence-electron chi connectivity index (χ4n) is 1.98. The van der Waals surface area contributed by atoms with Crippen molar-refractivity contribution in [1.29, 1.82) is 0 Å². The highest BCUT2D eigenvalue weighted by Gasteiger charge is 2.45. The van der Waals surface area contributed by atoms with Gasteiger partial charge in [0.15, 0.2) is 0 Å². The van der Waals surface area contributed by atoms with Crippen LogP contribution >= 0.6 is 0 Å². The van der Waals surface area contributed by atoms with E-state index in [1.165, 1.54) is 20.8 Å². The fourth-order valence-corrected chi connectivity index (χ4v) is 1.98. The first-order valence-corrected chi connectivity index (χ1v) is 8.35. The molecular weight excluding hydrogens is 336 g/mol. The molecule has 0 aliphatic heterocycles. The number of carbonyl (C=O) groups excluding carboxylic acids is 2. The molecule has 0 aromatic heterocycles. The smallest absolute Gasteiger partial charge is 0.410 e. The van der Waals surface area contributed by atoms with E-state index in [4.69, 9.17) is 14.2 Å². The molecule has 0 heterocycles. The van der Waals surface area contributed by atoms with Crippen molar-refractivity contribution in [2.45, 2.75) is 52.6 Å². The van der Waals surface area contributed by atoms with Crippen LogP contribution in [0.3, 0.4) is 0 Å². The van der Waals surface area contributed by atoms with Crippen LogP contribution in [0, 0.1) is 0 Å². The first-order chi connectivity index (χ1) is 12.1. The predicted octanol–water partition coefficient (Wildman–Crippen LogP) is 3.29. The molecule has 1 aromatic rings. The number of rotatable bonds is 9. The van der Waals surface area contributed by atoms with E-state index in [1.807, 2.05) is 19.1 Å². The van der Waals surface area contributed by atoms with Crippen LogP contribution < -0.4 is 4.74 Å². The summed E-state index contributed by atoms with van der Waals surface area (Å²) in [5, 5.41) is 10.9. The van der Waals surface area contributed by atoms with Gasteiger partial charge in [0.25, 0.3) is 0 Å². The summed E-state index contributed by atoms with van der Waals surface area (Å²) in [6.07, 6.45) is 0.232. The third-order valence-corrected chi connectivity index (χ3v) is 3.48. The Morgan fingerprint density at radius 3 is 2.27 bits per heavy atom. The summed E-state index contributed by atoms with van der Waals surface area (Å²) in [5.74, 6) is -3.82. The molecule has 0 fully saturated rings. The summed E-state index contributed by atoms with van der Waals surface area (Å²) >= 11 is 0. The highest BCUT2D eigenvalue weighted by Crippen LogP contribution is 2.28. The molecule has 0 radical (unpaired) electrons. The van der Waals surface area contributed by atoms with Crippen LogP contribution in [0.25, 0.3) is 0 Å². The molecule has 0 aliphatic carbocycles. The molecule has 1 N–H and O–H groups in total. The Balaban J connectivity index is 3.19. The maximum atomic E-state index is 12.0. The maximum Gasteiger partial charge on any atom is 0.410 e. The Bertz CT molecular complexity index is 693. The van der Waals surface area contributed by atoms with Gasteiger partial charge in [0.1, 0.15) is 5.75 Å². The van der Waals surface area contributed by atoms with Gasteiger partial charge in [0, 0.05) is 11.1 Å². The Morgan fingerprint density at radius 1 is 1.15 bits per heavy atom. The van der Waals surface area contributed by atoms with Crippen molar-refractivity contribution in [1.82, 2.24) is 0 Å². The van der Waals surface area contributed by atoms with Gasteiger partial charge in [-0.1, -0.05) is 44.7 Å². The number of esters is 2. The van der Waals surface area contributed by atoms with Gasteiger partial charge in [-0.15, -0.1) is 0 Å². The van der Waals surface area contributed by atoms with Crippen molar-refractivity contribution in [3.05, 3.63) is 54.1 Å². The van der Waals surface area contributed by atoms with Crippen molar-refractivity contribution >= 4 is 11.9 Å². The van der Waals surface area contributed by atoms with Gasteiger partial charge in [-0.2, -0.15) is 0 Å². The zero-order valence-electron chi connectivity index (χ0n) is 15.7. The summed E-state index contributed by atoms with van der Waals surface area (Å²) in [5.41, 5.74) is 1.02. The maximum absolute atomic E-state index is 12.0. The second kappa shape index (κ2) is 9.20. The van der Waals surface area contributed by atoms with E-state index in [9.17, 15) is 14.7 Å². The summed E-state index contributed by atoms with van der Waals surface area (Å²) in [4.78, 5) is 23.8. The highest BCUT2D eigenvalue weighted by molar-refractivity contribution is 5.88. The number of aryl methyl sites for hydroxylation is 1. The van der Waals surface area contributed by atoms with E-state index < -0.39 is 24.0 Å². The van der Waals surface area contributed by atoms with Crippen molar-refractivity contribution in [2.75, 3.05) is 0 Å². The van der Waals surface area contributed by atoms with Crippen LogP contribution in [-0.4, -0.2) is 29.1 Å². The number of ether oxygens (including phenoxy) is 3. The van der Waals surface area contributed by atoms with Crippen LogP contribution in [0.5, 0.6) is 5.75 Å². The molecule has 26 heavy (non-hydrogen) atoms. The largest absolute Gasteiger partial charge is 0.448 e. The van der Waals surface area contributed by atoms with Crippen molar-refractivity contribution in [3.63, 3.8) is 0 Å². The zero-order chi connectivity index (χ0) is 19.9. The van der Waals surface area contributed by atoms with Crippen LogP contribution in [0.2, 0.25) is 0 Å². The standard InChI is InChI=1S/C20H26O6/c1-7-10-16-11-8-9-12-17(16)25-20(23,26-19(22)14(4)5)15(6)24-18(21)13(2)3/h8-9,11-12,15,23H,2,4,7,10H2,1,3,5-6H3. The third-order valence-electron chi connectivity index (χ3n) is 3.48. The SMILES string of the molecule is C=C(C)C(=O)OC(C)C(O)(OC(=O)C(=C)C)Oc1ccccc1CCC. The van der Waals surface area contributed by atoms with E-state index in [2.05, 4.69) is 13.2 Å². The molecule has 0 saturated heterocycles. The van der Waals surface area contributed by atoms with Crippen LogP contribution in [0.4, 0.5) is 0 Å². The lowest BCUT2D eigenvalue weighted by Gasteiger charge is -2.33. The van der Waals surface area contributed by atoms with Crippen LogP contribution in [0.15, 0.2) is 48.6 Å². The Morgan fingerprint density at radius 2 is 1.73 bits per heavy atom. The molecular formula is C20H26O6. The minimum atomic E-state index is -2.52. The minimum Gasteiger partial charge on any atom is -0.448 e. The molecule has 0 spiro atoms. The molecule has 142 valence electrons. The number of para-hydroxylation sites is 1. The molecule has 0 bridgehead atoms. The van der Waals surface area contributed by atoms with Gasteiger partial charge in [0.05, 0.1) is 0 Å². The molecule has 2 unspecified atom stereocenters. The first-order valence-electron chi connectivity index (χ1n) is 8.35. The van der Waals surface area contributed by atoms with Gasteiger partial charge in [-0.25, -0.2) is 9.59 Å². The summed E-state index contributed by atoms with van der Waals surface area (Å²) in [6.45, 7) is 13.2. The number of hydrogen-bond donors (Lipinski definition) is 1. The normalized spacial score (nSPS) is 13.9. The Hall–Kier alpha value is -2.60. The van der Waals surface area contributed by atoms with E-state index in [0.29, 0.717) is 12.2 Å². The molecule has 0 amide bonds. The lowest BCUT2D eigenvalue weighted by molar-refractivity contribution is -0.338. The van der Waals surface area contributed by atoms with Gasteiger partial charge >= 0.3 is 17.9 Å². The van der Waals surface area contributed by atoms with Gasteiger partial charge in [0.2, 0.25) is 6.10 Å². The highest BCUT2D eigenvalue weighted by atomic mass is 16.8. The van der Waals surface area contributed by atoms with Crippen LogP contribution in [0.1, 0.15) is 39.7 Å². The second-order valence-corrected chi connectivity index (χ2v) is 6.09. The molecule has 0 aliphatic rings. The molecule has 6 heteroatoms. The monoisotopic (exact) mass is 362 g/mol. The van der Waals surface area contributed by atoms with Crippen molar-refractivity contribution < 1.29 is 28.9 Å². The first kappa shape index (κ1) is 21.4. The van der Waals surface area contributed by atoms with Crippen LogP contribution in [-0.2, 0) is 25.5 Å². The summed E-state index contributed by atoms with van der Waals surface area (Å²) in [7, 11) is 0. The third kappa shape index (κ3) is 5.74. The quantitative estimate of drug-likeness (QED) is 0.412. The van der Waals surface area contributed by atoms with E-state index >= 15 is 0 Å². The van der Waals surface area contributed by atoms with E-state index in [-0.39, 0.29) is 11.1 Å². The Kier molecular flexibility index (Phi) is 7.58. The zero-order valence-corrected chi connectivity index (χ0v) is 15.7. The minimum absolute atomic E-state index is 0.0623. The topological polar surface area (TPSA) is 82.1 Å².